The Hall–Kier alpha value is -2.36. The molecule has 0 atom stereocenters. The normalized spacial score (nSPS) is 21.3. The lowest BCUT2D eigenvalue weighted by molar-refractivity contribution is -0.00376. The van der Waals surface area contributed by atoms with Crippen LogP contribution in [0.3, 0.4) is 0 Å². The lowest BCUT2D eigenvalue weighted by Crippen LogP contribution is -2.40. The van der Waals surface area contributed by atoms with Crippen molar-refractivity contribution >= 4 is 0 Å². The van der Waals surface area contributed by atoms with E-state index in [4.69, 9.17) is 19.7 Å². The van der Waals surface area contributed by atoms with Gasteiger partial charge in [0.25, 0.3) is 0 Å². The zero-order valence-electron chi connectivity index (χ0n) is 16.6. The molecule has 0 aliphatic heterocycles. The quantitative estimate of drug-likeness (QED) is 0.512. The molecular formula is C24H30N2O2. The number of ether oxygens (including phenoxy) is 2. The second kappa shape index (κ2) is 8.76. The van der Waals surface area contributed by atoms with Crippen LogP contribution >= 0.6 is 0 Å². The highest BCUT2D eigenvalue weighted by Crippen LogP contribution is 2.39. The zero-order chi connectivity index (χ0) is 19.1. The summed E-state index contributed by atoms with van der Waals surface area (Å²) in [6.07, 6.45) is 10.6. The maximum atomic E-state index is 6.41. The highest BCUT2D eigenvalue weighted by molar-refractivity contribution is 5.23. The molecule has 2 aromatic rings. The van der Waals surface area contributed by atoms with Gasteiger partial charge in [0.15, 0.2) is 0 Å². The fourth-order valence-electron chi connectivity index (χ4n) is 4.25. The van der Waals surface area contributed by atoms with Crippen molar-refractivity contribution in [2.75, 3.05) is 0 Å². The molecule has 0 unspecified atom stereocenters. The van der Waals surface area contributed by atoms with Crippen LogP contribution in [0.2, 0.25) is 0 Å². The number of hydrogen-bond acceptors (Lipinski definition) is 4. The van der Waals surface area contributed by atoms with Gasteiger partial charge in [0, 0.05) is 25.7 Å². The predicted molar refractivity (Wildman–Crippen MR) is 111 cm³/mol. The molecule has 4 heteroatoms. The Morgan fingerprint density at radius 3 is 1.21 bits per heavy atom. The van der Waals surface area contributed by atoms with E-state index in [0.717, 1.165) is 62.9 Å². The van der Waals surface area contributed by atoms with Gasteiger partial charge in [-0.05, 0) is 49.9 Å². The Bertz CT molecular complexity index is 683. The zero-order valence-corrected chi connectivity index (χ0v) is 16.6. The number of nitrogens with zero attached hydrogens (tertiary/aromatic N) is 2. The van der Waals surface area contributed by atoms with Gasteiger partial charge in [-0.2, -0.15) is 0 Å². The first kappa shape index (κ1) is 19.0. The number of benzene rings is 2. The molecule has 4 rings (SSSR count). The summed E-state index contributed by atoms with van der Waals surface area (Å²) in [7, 11) is 0. The van der Waals surface area contributed by atoms with E-state index in [0.29, 0.717) is 0 Å². The second-order valence-electron chi connectivity index (χ2n) is 8.04. The van der Waals surface area contributed by atoms with Crippen LogP contribution in [0.5, 0.6) is 11.5 Å². The molecule has 2 fully saturated rings. The number of para-hydroxylation sites is 2. The Morgan fingerprint density at radius 1 is 0.500 bits per heavy atom. The first-order valence-electron chi connectivity index (χ1n) is 10.7. The summed E-state index contributed by atoms with van der Waals surface area (Å²) in [5.74, 6) is 1.73. The van der Waals surface area contributed by atoms with Crippen molar-refractivity contribution in [2.45, 2.75) is 75.7 Å². The minimum absolute atomic E-state index is 0.565. The van der Waals surface area contributed by atoms with E-state index in [2.05, 4.69) is 0 Å². The lowest BCUT2D eigenvalue weighted by Gasteiger charge is -2.36. The molecule has 2 saturated carbocycles. The maximum absolute atomic E-state index is 6.41. The van der Waals surface area contributed by atoms with Crippen LogP contribution in [-0.4, -0.2) is 11.4 Å². The molecule has 0 spiro atoms. The van der Waals surface area contributed by atoms with Crippen molar-refractivity contribution in [3.8, 4) is 11.5 Å². The summed E-state index contributed by atoms with van der Waals surface area (Å²) in [4.78, 5) is 0. The molecule has 0 radical (unpaired) electrons. The molecule has 4 nitrogen and oxygen atoms in total. The van der Waals surface area contributed by atoms with E-state index in [1.807, 2.05) is 60.7 Å². The van der Waals surface area contributed by atoms with Crippen LogP contribution < -0.4 is 9.47 Å². The first-order chi connectivity index (χ1) is 13.8. The van der Waals surface area contributed by atoms with Crippen LogP contribution in [0.4, 0.5) is 0 Å². The molecule has 2 aliphatic carbocycles. The topological polar surface area (TPSA) is 43.2 Å². The average Bonchev–Trinajstić information content (AvgIpc) is 2.75. The molecule has 0 amide bonds. The Labute approximate surface area is 168 Å². The highest BCUT2D eigenvalue weighted by Gasteiger charge is 2.39. The Kier molecular flexibility index (Phi) is 5.94. The van der Waals surface area contributed by atoms with Crippen LogP contribution in [0, 0.1) is 0 Å². The van der Waals surface area contributed by atoms with E-state index >= 15 is 0 Å². The summed E-state index contributed by atoms with van der Waals surface area (Å²) < 4.78 is 12.8. The molecule has 0 bridgehead atoms. The second-order valence-corrected chi connectivity index (χ2v) is 8.04. The van der Waals surface area contributed by atoms with E-state index in [-0.39, 0.29) is 0 Å². The fraction of sp³-hybridized carbons (Fsp3) is 0.500. The molecular weight excluding hydrogens is 348 g/mol. The van der Waals surface area contributed by atoms with Crippen molar-refractivity contribution in [2.24, 2.45) is 10.2 Å². The number of azo groups is 1. The fourth-order valence-corrected chi connectivity index (χ4v) is 4.25. The molecule has 2 aromatic carbocycles. The highest BCUT2D eigenvalue weighted by atomic mass is 16.5. The van der Waals surface area contributed by atoms with E-state index < -0.39 is 11.4 Å². The van der Waals surface area contributed by atoms with E-state index in [1.54, 1.807) is 0 Å². The maximum Gasteiger partial charge on any atom is 0.219 e. The van der Waals surface area contributed by atoms with Gasteiger partial charge in [-0.25, -0.2) is 0 Å². The van der Waals surface area contributed by atoms with Crippen molar-refractivity contribution in [3.05, 3.63) is 60.7 Å². The number of rotatable bonds is 6. The summed E-state index contributed by atoms with van der Waals surface area (Å²) >= 11 is 0. The minimum Gasteiger partial charge on any atom is -0.465 e. The molecule has 0 heterocycles. The minimum atomic E-state index is -0.565. The smallest absolute Gasteiger partial charge is 0.219 e. The largest absolute Gasteiger partial charge is 0.465 e. The lowest BCUT2D eigenvalue weighted by atomic mass is 9.91. The monoisotopic (exact) mass is 378 g/mol. The van der Waals surface area contributed by atoms with Crippen molar-refractivity contribution < 1.29 is 9.47 Å². The van der Waals surface area contributed by atoms with E-state index in [1.165, 1.54) is 12.8 Å². The molecule has 148 valence electrons. The Balaban J connectivity index is 1.58. The molecule has 28 heavy (non-hydrogen) atoms. The third kappa shape index (κ3) is 4.73. The SMILES string of the molecule is c1ccc(OC2(/N=N\C3(Oc4ccccc4)CCCCC3)CCCCC2)cc1. The average molecular weight is 379 g/mol. The van der Waals surface area contributed by atoms with Gasteiger partial charge >= 0.3 is 0 Å². The standard InChI is InChI=1S/C24H30N2O2/c1-5-13-21(14-6-1)27-23(17-9-3-10-18-23)25-26-24(19-11-4-12-20-24)28-22-15-7-2-8-16-22/h1-2,5-8,13-16H,3-4,9-12,17-20H2/b26-25-. The van der Waals surface area contributed by atoms with Gasteiger partial charge in [-0.3, -0.25) is 0 Å². The summed E-state index contributed by atoms with van der Waals surface area (Å²) in [5, 5.41) is 9.76. The van der Waals surface area contributed by atoms with Gasteiger partial charge in [0.05, 0.1) is 0 Å². The predicted octanol–water partition coefficient (Wildman–Crippen LogP) is 6.92. The molecule has 2 aliphatic rings. The van der Waals surface area contributed by atoms with Gasteiger partial charge < -0.3 is 9.47 Å². The third-order valence-corrected chi connectivity index (χ3v) is 5.79. The van der Waals surface area contributed by atoms with Crippen LogP contribution in [0.1, 0.15) is 64.2 Å². The van der Waals surface area contributed by atoms with Gasteiger partial charge in [0.1, 0.15) is 11.5 Å². The molecule has 0 saturated heterocycles. The van der Waals surface area contributed by atoms with Crippen LogP contribution in [-0.2, 0) is 0 Å². The van der Waals surface area contributed by atoms with Gasteiger partial charge in [0.2, 0.25) is 11.4 Å². The van der Waals surface area contributed by atoms with Crippen molar-refractivity contribution in [1.29, 1.82) is 0 Å². The van der Waals surface area contributed by atoms with Crippen LogP contribution in [0.25, 0.3) is 0 Å². The number of hydrogen-bond donors (Lipinski definition) is 0. The van der Waals surface area contributed by atoms with E-state index in [9.17, 15) is 0 Å². The van der Waals surface area contributed by atoms with Gasteiger partial charge in [-0.15, -0.1) is 10.2 Å². The summed E-state index contributed by atoms with van der Waals surface area (Å²) in [6, 6.07) is 20.0. The van der Waals surface area contributed by atoms with Crippen LogP contribution in [0.15, 0.2) is 70.9 Å². The third-order valence-electron chi connectivity index (χ3n) is 5.79. The Morgan fingerprint density at radius 2 is 0.857 bits per heavy atom. The molecule has 0 aromatic heterocycles. The molecule has 0 N–H and O–H groups in total. The van der Waals surface area contributed by atoms with Gasteiger partial charge in [-0.1, -0.05) is 49.2 Å². The van der Waals surface area contributed by atoms with Crippen molar-refractivity contribution in [1.82, 2.24) is 0 Å². The summed E-state index contributed by atoms with van der Waals surface area (Å²) in [6.45, 7) is 0. The summed E-state index contributed by atoms with van der Waals surface area (Å²) in [5.41, 5.74) is -1.13. The first-order valence-corrected chi connectivity index (χ1v) is 10.7. The van der Waals surface area contributed by atoms with Crippen molar-refractivity contribution in [3.63, 3.8) is 0 Å².